The van der Waals surface area contributed by atoms with Gasteiger partial charge in [-0.15, -0.1) is 0 Å². The van der Waals surface area contributed by atoms with Crippen molar-refractivity contribution in [3.63, 3.8) is 0 Å². The van der Waals surface area contributed by atoms with E-state index in [-0.39, 0.29) is 6.79 Å². The van der Waals surface area contributed by atoms with Gasteiger partial charge in [0.05, 0.1) is 12.1 Å². The highest BCUT2D eigenvalue weighted by atomic mass is 16.7. The first-order valence-corrected chi connectivity index (χ1v) is 6.77. The van der Waals surface area contributed by atoms with E-state index in [1.165, 1.54) is 0 Å². The summed E-state index contributed by atoms with van der Waals surface area (Å²) in [6.45, 7) is 0.135. The lowest BCUT2D eigenvalue weighted by molar-refractivity contribution is -0.151. The maximum absolute atomic E-state index is 10.3. The number of aliphatic hydroxyl groups is 4. The summed E-state index contributed by atoms with van der Waals surface area (Å²) in [5, 5.41) is 40.1. The Bertz CT molecular complexity index is 618. The number of hydrogen-bond donors (Lipinski definition) is 4. The van der Waals surface area contributed by atoms with Crippen molar-refractivity contribution in [2.24, 2.45) is 4.99 Å². The molecule has 0 spiro atoms. The number of ether oxygens (including phenoxy) is 2. The molecule has 0 radical (unpaired) electrons. The Hall–Kier alpha value is -1.67. The summed E-state index contributed by atoms with van der Waals surface area (Å²) in [5.41, 5.74) is 1.46. The molecule has 1 aromatic rings. The average molecular weight is 293 g/mol. The number of aliphatic hydroxyl groups excluding tert-OH is 4. The van der Waals surface area contributed by atoms with Crippen LogP contribution in [0.3, 0.4) is 0 Å². The summed E-state index contributed by atoms with van der Waals surface area (Å²) < 4.78 is 10.6. The van der Waals surface area contributed by atoms with Crippen molar-refractivity contribution in [1.29, 1.82) is 0 Å². The van der Waals surface area contributed by atoms with Gasteiger partial charge in [-0.25, -0.2) is 0 Å². The highest BCUT2D eigenvalue weighted by Crippen LogP contribution is 2.44. The van der Waals surface area contributed by atoms with Crippen LogP contribution >= 0.6 is 0 Å². The third kappa shape index (κ3) is 1.72. The lowest BCUT2D eigenvalue weighted by Gasteiger charge is -2.44. The Morgan fingerprint density at radius 3 is 2.33 bits per heavy atom. The van der Waals surface area contributed by atoms with Crippen LogP contribution in [0.5, 0.6) is 11.5 Å². The summed E-state index contributed by atoms with van der Waals surface area (Å²) in [5.74, 6) is 0.558. The molecule has 7 nitrogen and oxygen atoms in total. The zero-order valence-electron chi connectivity index (χ0n) is 11.0. The molecule has 1 fully saturated rings. The SMILES string of the molecule is OC1C(O)[C@@H]2N=Cc3cc4c(cc3C2C(O)[C@@H]1O)OCO4. The fraction of sp³-hybridized carbons (Fsp3) is 0.500. The Labute approximate surface area is 120 Å². The molecule has 0 amide bonds. The van der Waals surface area contributed by atoms with Gasteiger partial charge in [-0.05, 0) is 23.3 Å². The van der Waals surface area contributed by atoms with E-state index in [0.29, 0.717) is 11.5 Å². The smallest absolute Gasteiger partial charge is 0.231 e. The van der Waals surface area contributed by atoms with E-state index in [0.717, 1.165) is 11.1 Å². The largest absolute Gasteiger partial charge is 0.454 e. The van der Waals surface area contributed by atoms with Crippen LogP contribution in [-0.4, -0.2) is 63.9 Å². The Morgan fingerprint density at radius 1 is 0.905 bits per heavy atom. The van der Waals surface area contributed by atoms with Crippen molar-refractivity contribution >= 4 is 6.21 Å². The van der Waals surface area contributed by atoms with Crippen molar-refractivity contribution in [3.05, 3.63) is 23.3 Å². The van der Waals surface area contributed by atoms with Crippen LogP contribution in [0.25, 0.3) is 0 Å². The zero-order chi connectivity index (χ0) is 14.7. The number of benzene rings is 1. The zero-order valence-corrected chi connectivity index (χ0v) is 11.0. The van der Waals surface area contributed by atoms with E-state index < -0.39 is 36.4 Å². The predicted molar refractivity (Wildman–Crippen MR) is 70.7 cm³/mol. The van der Waals surface area contributed by atoms with Crippen molar-refractivity contribution in [1.82, 2.24) is 0 Å². The van der Waals surface area contributed by atoms with Crippen molar-refractivity contribution < 1.29 is 29.9 Å². The molecule has 0 aromatic heterocycles. The lowest BCUT2D eigenvalue weighted by Crippen LogP contribution is -2.60. The fourth-order valence-corrected chi connectivity index (χ4v) is 3.32. The highest BCUT2D eigenvalue weighted by molar-refractivity contribution is 5.85. The molecule has 112 valence electrons. The minimum atomic E-state index is -1.42. The molecule has 2 aliphatic heterocycles. The molecular weight excluding hydrogens is 278 g/mol. The van der Waals surface area contributed by atoms with Gasteiger partial charge in [-0.3, -0.25) is 4.99 Å². The van der Waals surface area contributed by atoms with Gasteiger partial charge in [0.25, 0.3) is 0 Å². The summed E-state index contributed by atoms with van der Waals surface area (Å²) in [7, 11) is 0. The Kier molecular flexibility index (Phi) is 2.74. The topological polar surface area (TPSA) is 112 Å². The van der Waals surface area contributed by atoms with Gasteiger partial charge in [-0.2, -0.15) is 0 Å². The first kappa shape index (κ1) is 13.0. The number of nitrogens with zero attached hydrogens (tertiary/aromatic N) is 1. The first-order valence-electron chi connectivity index (χ1n) is 6.77. The normalized spacial score (nSPS) is 39.8. The van der Waals surface area contributed by atoms with Gasteiger partial charge >= 0.3 is 0 Å². The number of fused-ring (bicyclic) bond motifs is 4. The van der Waals surface area contributed by atoms with Gasteiger partial charge in [0.1, 0.15) is 18.3 Å². The molecule has 4 rings (SSSR count). The standard InChI is InChI=1S/C14H15NO6/c16-11-9-6-2-8-7(20-4-21-8)1-5(6)3-15-10(9)12(17)14(19)13(11)18/h1-3,9-14,16-19H,4H2/t9?,10-,11?,12?,13+,14?/m1/s1. The fourth-order valence-electron chi connectivity index (χ4n) is 3.32. The van der Waals surface area contributed by atoms with E-state index in [1.807, 2.05) is 0 Å². The van der Waals surface area contributed by atoms with Crippen molar-refractivity contribution in [3.8, 4) is 11.5 Å². The quantitative estimate of drug-likeness (QED) is 0.476. The van der Waals surface area contributed by atoms with Gasteiger partial charge in [0.15, 0.2) is 11.5 Å². The molecule has 1 saturated carbocycles. The molecule has 7 heteroatoms. The maximum atomic E-state index is 10.3. The molecule has 3 aliphatic rings. The monoisotopic (exact) mass is 293 g/mol. The van der Waals surface area contributed by atoms with Crippen molar-refractivity contribution in [2.45, 2.75) is 36.4 Å². The van der Waals surface area contributed by atoms with E-state index in [9.17, 15) is 20.4 Å². The highest BCUT2D eigenvalue weighted by Gasteiger charge is 2.51. The third-order valence-corrected chi connectivity index (χ3v) is 4.46. The second-order valence-corrected chi connectivity index (χ2v) is 5.59. The lowest BCUT2D eigenvalue weighted by atomic mass is 9.71. The van der Waals surface area contributed by atoms with E-state index in [4.69, 9.17) is 9.47 Å². The maximum Gasteiger partial charge on any atom is 0.231 e. The third-order valence-electron chi connectivity index (χ3n) is 4.46. The first-order chi connectivity index (χ1) is 10.1. The molecule has 1 aromatic carbocycles. The van der Waals surface area contributed by atoms with E-state index in [2.05, 4.69) is 4.99 Å². The number of aliphatic imine (C=N–C) groups is 1. The minimum absolute atomic E-state index is 0.135. The predicted octanol–water partition coefficient (Wildman–Crippen LogP) is -1.24. The van der Waals surface area contributed by atoms with Gasteiger partial charge in [0, 0.05) is 12.1 Å². The second kappa shape index (κ2) is 4.41. The molecule has 2 heterocycles. The number of rotatable bonds is 0. The molecule has 6 atom stereocenters. The summed E-state index contributed by atoms with van der Waals surface area (Å²) in [4.78, 5) is 4.23. The number of hydrogen-bond acceptors (Lipinski definition) is 7. The summed E-state index contributed by atoms with van der Waals surface area (Å²) >= 11 is 0. The van der Waals surface area contributed by atoms with Crippen molar-refractivity contribution in [2.75, 3.05) is 6.79 Å². The second-order valence-electron chi connectivity index (χ2n) is 5.59. The van der Waals surface area contributed by atoms with Gasteiger partial charge in [0.2, 0.25) is 6.79 Å². The molecule has 0 saturated heterocycles. The van der Waals surface area contributed by atoms with Crippen LogP contribution in [0.1, 0.15) is 17.0 Å². The molecule has 4 unspecified atom stereocenters. The minimum Gasteiger partial charge on any atom is -0.454 e. The molecular formula is C14H15NO6. The Morgan fingerprint density at radius 2 is 1.57 bits per heavy atom. The van der Waals surface area contributed by atoms with Crippen LogP contribution in [0.4, 0.5) is 0 Å². The molecule has 4 N–H and O–H groups in total. The van der Waals surface area contributed by atoms with E-state index >= 15 is 0 Å². The molecule has 21 heavy (non-hydrogen) atoms. The van der Waals surface area contributed by atoms with E-state index in [1.54, 1.807) is 18.3 Å². The van der Waals surface area contributed by atoms with Crippen LogP contribution in [-0.2, 0) is 0 Å². The van der Waals surface area contributed by atoms with Gasteiger partial charge in [-0.1, -0.05) is 0 Å². The van der Waals surface area contributed by atoms with Gasteiger partial charge < -0.3 is 29.9 Å². The Balaban J connectivity index is 1.83. The average Bonchev–Trinajstić information content (AvgIpc) is 2.94. The summed E-state index contributed by atoms with van der Waals surface area (Å²) in [6.07, 6.45) is -3.71. The summed E-state index contributed by atoms with van der Waals surface area (Å²) in [6, 6.07) is 2.79. The van der Waals surface area contributed by atoms with Crippen LogP contribution in [0.15, 0.2) is 17.1 Å². The van der Waals surface area contributed by atoms with Crippen LogP contribution in [0, 0.1) is 0 Å². The molecule has 0 bridgehead atoms. The van der Waals surface area contributed by atoms with Crippen LogP contribution < -0.4 is 9.47 Å². The molecule has 1 aliphatic carbocycles. The van der Waals surface area contributed by atoms with Crippen LogP contribution in [0.2, 0.25) is 0 Å².